The molecule has 0 radical (unpaired) electrons. The number of fused-ring (bicyclic) bond motifs is 2. The highest BCUT2D eigenvalue weighted by atomic mass is 16.4. The summed E-state index contributed by atoms with van der Waals surface area (Å²) in [7, 11) is 0. The van der Waals surface area contributed by atoms with E-state index in [2.05, 4.69) is 0 Å². The van der Waals surface area contributed by atoms with E-state index in [4.69, 9.17) is 4.42 Å². The highest BCUT2D eigenvalue weighted by Gasteiger charge is 2.06. The van der Waals surface area contributed by atoms with Crippen LogP contribution in [0.4, 0.5) is 0 Å². The van der Waals surface area contributed by atoms with Gasteiger partial charge in [0.2, 0.25) is 0 Å². The Hall–Kier alpha value is -2.42. The minimum atomic E-state index is -0.505. The lowest BCUT2D eigenvalue weighted by Gasteiger charge is -2.02. The molecule has 0 aliphatic heterocycles. The van der Waals surface area contributed by atoms with Crippen LogP contribution in [0, 0.1) is 0 Å². The van der Waals surface area contributed by atoms with Crippen LogP contribution < -0.4 is 5.63 Å². The highest BCUT2D eigenvalue weighted by Crippen LogP contribution is 2.23. The Kier molecular flexibility index (Phi) is 2.05. The summed E-state index contributed by atoms with van der Waals surface area (Å²) in [5.74, 6) is 0. The van der Waals surface area contributed by atoms with Gasteiger partial charge in [-0.2, -0.15) is 0 Å². The first-order valence-electron chi connectivity index (χ1n) is 5.20. The second-order valence-electron chi connectivity index (χ2n) is 3.83. The molecule has 0 atom stereocenters. The van der Waals surface area contributed by atoms with Gasteiger partial charge >= 0.3 is 5.63 Å². The lowest BCUT2D eigenvalue weighted by atomic mass is 10.1. The Morgan fingerprint density at radius 2 is 1.71 bits per heavy atom. The van der Waals surface area contributed by atoms with Crippen LogP contribution in [-0.4, -0.2) is 6.29 Å². The Labute approximate surface area is 96.3 Å². The minimum absolute atomic E-state index is 0.363. The Morgan fingerprint density at radius 3 is 2.41 bits per heavy atom. The average Bonchev–Trinajstić information content (AvgIpc) is 2.35. The molecule has 3 aromatic rings. The van der Waals surface area contributed by atoms with Crippen LogP contribution >= 0.6 is 0 Å². The number of aldehydes is 1. The van der Waals surface area contributed by atoms with Gasteiger partial charge in [-0.25, -0.2) is 4.79 Å². The highest BCUT2D eigenvalue weighted by molar-refractivity contribution is 6.02. The topological polar surface area (TPSA) is 47.3 Å². The molecule has 3 heteroatoms. The van der Waals surface area contributed by atoms with Gasteiger partial charge < -0.3 is 4.42 Å². The fraction of sp³-hybridized carbons (Fsp3) is 0. The summed E-state index contributed by atoms with van der Waals surface area (Å²) in [4.78, 5) is 22.2. The zero-order valence-corrected chi connectivity index (χ0v) is 8.84. The van der Waals surface area contributed by atoms with Crippen LogP contribution in [0.2, 0.25) is 0 Å². The first-order chi connectivity index (χ1) is 8.28. The maximum Gasteiger partial charge on any atom is 0.336 e. The van der Waals surface area contributed by atoms with Crippen molar-refractivity contribution in [2.75, 3.05) is 0 Å². The van der Waals surface area contributed by atoms with Gasteiger partial charge in [-0.05, 0) is 22.9 Å². The van der Waals surface area contributed by atoms with Gasteiger partial charge in [0.1, 0.15) is 5.58 Å². The molecule has 0 aliphatic rings. The van der Waals surface area contributed by atoms with E-state index >= 15 is 0 Å². The molecule has 0 spiro atoms. The summed E-state index contributed by atoms with van der Waals surface area (Å²) in [5.41, 5.74) is 0.301. The minimum Gasteiger partial charge on any atom is -0.423 e. The molecule has 0 fully saturated rings. The van der Waals surface area contributed by atoms with Crippen LogP contribution in [0.5, 0.6) is 0 Å². The van der Waals surface area contributed by atoms with Crippen LogP contribution in [-0.2, 0) is 0 Å². The summed E-state index contributed by atoms with van der Waals surface area (Å²) < 4.78 is 5.10. The van der Waals surface area contributed by atoms with Crippen LogP contribution in [0.25, 0.3) is 21.7 Å². The molecular formula is C14H8O3. The number of carbonyl (C=O) groups is 1. The predicted molar refractivity (Wildman–Crippen MR) is 65.4 cm³/mol. The quantitative estimate of drug-likeness (QED) is 0.362. The largest absolute Gasteiger partial charge is 0.423 e. The van der Waals surface area contributed by atoms with Crippen molar-refractivity contribution < 1.29 is 9.21 Å². The summed E-state index contributed by atoms with van der Waals surface area (Å²) in [6.07, 6.45) is 0.675. The van der Waals surface area contributed by atoms with Gasteiger partial charge in [0, 0.05) is 17.0 Å². The molecule has 0 amide bonds. The molecule has 0 aliphatic carbocycles. The number of hydrogen-bond donors (Lipinski definition) is 0. The molecular weight excluding hydrogens is 216 g/mol. The van der Waals surface area contributed by atoms with E-state index in [-0.39, 0.29) is 0 Å². The number of rotatable bonds is 1. The van der Waals surface area contributed by atoms with Crippen molar-refractivity contribution >= 4 is 28.0 Å². The molecule has 17 heavy (non-hydrogen) atoms. The summed E-state index contributed by atoms with van der Waals surface area (Å²) in [6, 6.07) is 12.6. The second kappa shape index (κ2) is 3.56. The maximum atomic E-state index is 11.3. The van der Waals surface area contributed by atoms with E-state index in [1.54, 1.807) is 6.07 Å². The zero-order chi connectivity index (χ0) is 11.8. The summed E-state index contributed by atoms with van der Waals surface area (Å²) in [6.45, 7) is 0. The van der Waals surface area contributed by atoms with E-state index in [0.717, 1.165) is 10.8 Å². The van der Waals surface area contributed by atoms with Gasteiger partial charge in [0.25, 0.3) is 0 Å². The molecule has 1 heterocycles. The van der Waals surface area contributed by atoms with Crippen LogP contribution in [0.1, 0.15) is 10.4 Å². The van der Waals surface area contributed by atoms with E-state index in [9.17, 15) is 9.59 Å². The summed E-state index contributed by atoms with van der Waals surface area (Å²) in [5, 5.41) is 2.65. The molecule has 82 valence electrons. The van der Waals surface area contributed by atoms with Gasteiger partial charge in [0.15, 0.2) is 6.29 Å². The van der Waals surface area contributed by atoms with Crippen molar-refractivity contribution in [1.82, 2.24) is 0 Å². The average molecular weight is 224 g/mol. The van der Waals surface area contributed by atoms with Crippen molar-refractivity contribution in [2.45, 2.75) is 0 Å². The van der Waals surface area contributed by atoms with Gasteiger partial charge in [-0.15, -0.1) is 0 Å². The predicted octanol–water partition coefficient (Wildman–Crippen LogP) is 2.76. The van der Waals surface area contributed by atoms with E-state index in [0.29, 0.717) is 22.8 Å². The van der Waals surface area contributed by atoms with E-state index in [1.165, 1.54) is 6.07 Å². The monoisotopic (exact) mass is 224 g/mol. The molecule has 0 saturated carbocycles. The lowest BCUT2D eigenvalue weighted by molar-refractivity contribution is 0.112. The first kappa shape index (κ1) is 9.78. The molecule has 0 bridgehead atoms. The van der Waals surface area contributed by atoms with Crippen LogP contribution in [0.15, 0.2) is 51.7 Å². The zero-order valence-electron chi connectivity index (χ0n) is 8.84. The fourth-order valence-corrected chi connectivity index (χ4v) is 1.97. The van der Waals surface area contributed by atoms with Gasteiger partial charge in [-0.3, -0.25) is 4.79 Å². The number of benzene rings is 2. The number of carbonyl (C=O) groups excluding carboxylic acids is 1. The summed E-state index contributed by atoms with van der Waals surface area (Å²) >= 11 is 0. The first-order valence-corrected chi connectivity index (χ1v) is 5.20. The number of hydrogen-bond acceptors (Lipinski definition) is 3. The molecule has 3 nitrogen and oxygen atoms in total. The Bertz CT molecular complexity index is 784. The van der Waals surface area contributed by atoms with E-state index < -0.39 is 5.63 Å². The maximum absolute atomic E-state index is 11.3. The molecule has 0 saturated heterocycles. The molecule has 2 aromatic carbocycles. The molecule has 0 N–H and O–H groups in total. The van der Waals surface area contributed by atoms with Crippen molar-refractivity contribution in [3.8, 4) is 0 Å². The second-order valence-corrected chi connectivity index (χ2v) is 3.83. The third-order valence-electron chi connectivity index (χ3n) is 2.77. The molecule has 0 unspecified atom stereocenters. The van der Waals surface area contributed by atoms with Crippen molar-refractivity contribution in [1.29, 1.82) is 0 Å². The normalized spacial score (nSPS) is 10.8. The van der Waals surface area contributed by atoms with Crippen molar-refractivity contribution in [3.63, 3.8) is 0 Å². The lowest BCUT2D eigenvalue weighted by Crippen LogP contribution is -1.99. The van der Waals surface area contributed by atoms with Gasteiger partial charge in [0.05, 0.1) is 0 Å². The molecule has 1 aromatic heterocycles. The SMILES string of the molecule is O=Cc1cc(=O)oc2cc3ccccc3cc12. The third kappa shape index (κ3) is 1.52. The van der Waals surface area contributed by atoms with Crippen molar-refractivity contribution in [2.24, 2.45) is 0 Å². The Balaban J connectivity index is 2.55. The molecule has 3 rings (SSSR count). The van der Waals surface area contributed by atoms with Gasteiger partial charge in [-0.1, -0.05) is 24.3 Å². The van der Waals surface area contributed by atoms with Crippen LogP contribution in [0.3, 0.4) is 0 Å². The van der Waals surface area contributed by atoms with E-state index in [1.807, 2.05) is 30.3 Å². The fourth-order valence-electron chi connectivity index (χ4n) is 1.97. The smallest absolute Gasteiger partial charge is 0.336 e. The van der Waals surface area contributed by atoms with Crippen molar-refractivity contribution in [3.05, 3.63) is 58.4 Å². The Morgan fingerprint density at radius 1 is 1.00 bits per heavy atom. The third-order valence-corrected chi connectivity index (χ3v) is 2.77. The standard InChI is InChI=1S/C14H8O3/c15-8-11-7-14(16)17-13-6-10-4-2-1-3-9(10)5-12(11)13/h1-8H.